The van der Waals surface area contributed by atoms with Crippen LogP contribution in [-0.4, -0.2) is 9.97 Å². The van der Waals surface area contributed by atoms with Crippen LogP contribution in [0, 0.1) is 6.92 Å². The van der Waals surface area contributed by atoms with Crippen molar-refractivity contribution in [3.63, 3.8) is 0 Å². The Balaban J connectivity index is 1.77. The fourth-order valence-electron chi connectivity index (χ4n) is 1.95. The summed E-state index contributed by atoms with van der Waals surface area (Å²) in [5.41, 5.74) is 4.41. The standard InChI is InChI=1S/C15H12Cl2N2S/c1-9-2-5-13-14(6-9)19-15(18-13)20-8-10-3-4-11(16)12(17)7-10/h2-7H,8H2,1H3,(H,18,19). The van der Waals surface area contributed by atoms with Crippen LogP contribution in [0.5, 0.6) is 0 Å². The van der Waals surface area contributed by atoms with Gasteiger partial charge in [-0.15, -0.1) is 0 Å². The number of aryl methyl sites for hydroxylation is 1. The Labute approximate surface area is 131 Å². The van der Waals surface area contributed by atoms with Crippen LogP contribution in [0.25, 0.3) is 11.0 Å². The molecule has 0 bridgehead atoms. The van der Waals surface area contributed by atoms with Crippen LogP contribution in [-0.2, 0) is 5.75 Å². The van der Waals surface area contributed by atoms with Gasteiger partial charge in [0.05, 0.1) is 21.1 Å². The van der Waals surface area contributed by atoms with E-state index in [0.29, 0.717) is 10.0 Å². The van der Waals surface area contributed by atoms with Crippen LogP contribution in [0.1, 0.15) is 11.1 Å². The van der Waals surface area contributed by atoms with Gasteiger partial charge in [0, 0.05) is 5.75 Å². The predicted molar refractivity (Wildman–Crippen MR) is 86.9 cm³/mol. The molecule has 3 rings (SSSR count). The van der Waals surface area contributed by atoms with Crippen molar-refractivity contribution in [2.24, 2.45) is 0 Å². The van der Waals surface area contributed by atoms with Crippen LogP contribution in [0.3, 0.4) is 0 Å². The van der Waals surface area contributed by atoms with E-state index in [1.807, 2.05) is 24.3 Å². The van der Waals surface area contributed by atoms with Gasteiger partial charge < -0.3 is 4.98 Å². The number of thioether (sulfide) groups is 1. The van der Waals surface area contributed by atoms with Crippen molar-refractivity contribution >= 4 is 46.0 Å². The summed E-state index contributed by atoms with van der Waals surface area (Å²) in [5.74, 6) is 0.801. The fourth-order valence-corrected chi connectivity index (χ4v) is 3.10. The van der Waals surface area contributed by atoms with Crippen molar-refractivity contribution in [2.75, 3.05) is 0 Å². The minimum Gasteiger partial charge on any atom is -0.333 e. The van der Waals surface area contributed by atoms with Gasteiger partial charge in [-0.2, -0.15) is 0 Å². The third-order valence-electron chi connectivity index (χ3n) is 2.98. The molecule has 0 aliphatic heterocycles. The Morgan fingerprint density at radius 3 is 2.75 bits per heavy atom. The number of fused-ring (bicyclic) bond motifs is 1. The maximum absolute atomic E-state index is 6.01. The molecular formula is C15H12Cl2N2S. The lowest BCUT2D eigenvalue weighted by Crippen LogP contribution is -1.82. The Morgan fingerprint density at radius 1 is 1.10 bits per heavy atom. The van der Waals surface area contributed by atoms with Gasteiger partial charge in [-0.3, -0.25) is 0 Å². The van der Waals surface area contributed by atoms with Gasteiger partial charge in [-0.05, 0) is 42.3 Å². The number of aromatic amines is 1. The van der Waals surface area contributed by atoms with Gasteiger partial charge >= 0.3 is 0 Å². The number of rotatable bonds is 3. The molecule has 20 heavy (non-hydrogen) atoms. The first-order valence-electron chi connectivity index (χ1n) is 6.15. The second-order valence-electron chi connectivity index (χ2n) is 4.60. The molecule has 0 radical (unpaired) electrons. The summed E-state index contributed by atoms with van der Waals surface area (Å²) >= 11 is 13.6. The first kappa shape index (κ1) is 13.8. The summed E-state index contributed by atoms with van der Waals surface area (Å²) in [6.07, 6.45) is 0. The van der Waals surface area contributed by atoms with Gasteiger partial charge in [-0.1, -0.05) is 47.1 Å². The molecule has 1 heterocycles. The van der Waals surface area contributed by atoms with Gasteiger partial charge in [-0.25, -0.2) is 4.98 Å². The van der Waals surface area contributed by atoms with Crippen LogP contribution < -0.4 is 0 Å². The monoisotopic (exact) mass is 322 g/mol. The van der Waals surface area contributed by atoms with E-state index in [9.17, 15) is 0 Å². The summed E-state index contributed by atoms with van der Waals surface area (Å²) in [4.78, 5) is 7.88. The van der Waals surface area contributed by atoms with Crippen molar-refractivity contribution in [1.82, 2.24) is 9.97 Å². The fraction of sp³-hybridized carbons (Fsp3) is 0.133. The molecule has 2 aromatic carbocycles. The molecule has 0 unspecified atom stereocenters. The highest BCUT2D eigenvalue weighted by molar-refractivity contribution is 7.98. The summed E-state index contributed by atoms with van der Waals surface area (Å²) in [6.45, 7) is 2.07. The van der Waals surface area contributed by atoms with E-state index in [1.165, 1.54) is 5.56 Å². The Bertz CT molecular complexity index is 768. The summed E-state index contributed by atoms with van der Waals surface area (Å²) in [5, 5.41) is 2.08. The van der Waals surface area contributed by atoms with E-state index >= 15 is 0 Å². The molecule has 0 aliphatic rings. The minimum absolute atomic E-state index is 0.583. The van der Waals surface area contributed by atoms with Crippen LogP contribution >= 0.6 is 35.0 Å². The summed E-state index contributed by atoms with van der Waals surface area (Å²) < 4.78 is 0. The van der Waals surface area contributed by atoms with Crippen molar-refractivity contribution in [3.05, 3.63) is 57.6 Å². The van der Waals surface area contributed by atoms with Crippen molar-refractivity contribution < 1.29 is 0 Å². The van der Waals surface area contributed by atoms with Crippen LogP contribution in [0.2, 0.25) is 10.0 Å². The quantitative estimate of drug-likeness (QED) is 0.647. The van der Waals surface area contributed by atoms with Gasteiger partial charge in [0.2, 0.25) is 0 Å². The zero-order valence-corrected chi connectivity index (χ0v) is 13.1. The Morgan fingerprint density at radius 2 is 1.95 bits per heavy atom. The second kappa shape index (κ2) is 5.68. The molecule has 0 saturated heterocycles. The molecule has 5 heteroatoms. The van der Waals surface area contributed by atoms with E-state index in [0.717, 1.165) is 27.5 Å². The number of nitrogens with zero attached hydrogens (tertiary/aromatic N) is 1. The third-order valence-corrected chi connectivity index (χ3v) is 4.66. The summed E-state index contributed by atoms with van der Waals surface area (Å²) in [6, 6.07) is 11.9. The van der Waals surface area contributed by atoms with Crippen molar-refractivity contribution in [2.45, 2.75) is 17.8 Å². The normalized spacial score (nSPS) is 11.2. The molecule has 3 aromatic rings. The smallest absolute Gasteiger partial charge is 0.166 e. The molecule has 1 N–H and O–H groups in total. The average Bonchev–Trinajstić information content (AvgIpc) is 2.82. The number of H-pyrrole nitrogens is 1. The average molecular weight is 323 g/mol. The molecular weight excluding hydrogens is 311 g/mol. The second-order valence-corrected chi connectivity index (χ2v) is 6.38. The van der Waals surface area contributed by atoms with Gasteiger partial charge in [0.15, 0.2) is 5.16 Å². The molecule has 0 spiro atoms. The third kappa shape index (κ3) is 2.95. The zero-order valence-electron chi connectivity index (χ0n) is 10.8. The van der Waals surface area contributed by atoms with E-state index in [2.05, 4.69) is 29.0 Å². The Kier molecular flexibility index (Phi) is 3.92. The molecule has 0 amide bonds. The molecule has 2 nitrogen and oxygen atoms in total. The number of benzene rings is 2. The zero-order chi connectivity index (χ0) is 14.1. The SMILES string of the molecule is Cc1ccc2nc(SCc3ccc(Cl)c(Cl)c3)[nH]c2c1. The number of hydrogen-bond acceptors (Lipinski definition) is 2. The maximum Gasteiger partial charge on any atom is 0.166 e. The maximum atomic E-state index is 6.01. The molecule has 0 aliphatic carbocycles. The van der Waals surface area contributed by atoms with E-state index in [-0.39, 0.29) is 0 Å². The van der Waals surface area contributed by atoms with Crippen molar-refractivity contribution in [3.8, 4) is 0 Å². The predicted octanol–water partition coefficient (Wildman–Crippen LogP) is 5.47. The molecule has 0 saturated carbocycles. The topological polar surface area (TPSA) is 28.7 Å². The number of hydrogen-bond donors (Lipinski definition) is 1. The highest BCUT2D eigenvalue weighted by atomic mass is 35.5. The lowest BCUT2D eigenvalue weighted by Gasteiger charge is -2.01. The molecule has 102 valence electrons. The minimum atomic E-state index is 0.583. The van der Waals surface area contributed by atoms with Crippen molar-refractivity contribution in [1.29, 1.82) is 0 Å². The Hall–Kier alpha value is -1.16. The molecule has 0 atom stereocenters. The van der Waals surface area contributed by atoms with Gasteiger partial charge in [0.1, 0.15) is 0 Å². The molecule has 0 fully saturated rings. The first-order valence-corrected chi connectivity index (χ1v) is 7.89. The molecule has 1 aromatic heterocycles. The van der Waals surface area contributed by atoms with Crippen LogP contribution in [0.4, 0.5) is 0 Å². The van der Waals surface area contributed by atoms with E-state index in [4.69, 9.17) is 23.2 Å². The highest BCUT2D eigenvalue weighted by Gasteiger charge is 2.05. The lowest BCUT2D eigenvalue weighted by molar-refractivity contribution is 1.08. The number of nitrogens with one attached hydrogen (secondary N) is 1. The van der Waals surface area contributed by atoms with Gasteiger partial charge in [0.25, 0.3) is 0 Å². The number of aromatic nitrogens is 2. The van der Waals surface area contributed by atoms with Crippen LogP contribution in [0.15, 0.2) is 41.6 Å². The van der Waals surface area contributed by atoms with E-state index in [1.54, 1.807) is 11.8 Å². The first-order chi connectivity index (χ1) is 9.61. The largest absolute Gasteiger partial charge is 0.333 e. The summed E-state index contributed by atoms with van der Waals surface area (Å²) in [7, 11) is 0. The highest BCUT2D eigenvalue weighted by Crippen LogP contribution is 2.27. The lowest BCUT2D eigenvalue weighted by atomic mass is 10.2. The number of halogens is 2. The van der Waals surface area contributed by atoms with E-state index < -0.39 is 0 Å². The number of imidazole rings is 1.